The number of benzene rings is 1. The van der Waals surface area contributed by atoms with Crippen molar-refractivity contribution in [2.24, 2.45) is 0 Å². The van der Waals surface area contributed by atoms with Crippen LogP contribution in [0.15, 0.2) is 30.5 Å². The summed E-state index contributed by atoms with van der Waals surface area (Å²) in [5, 5.41) is 20.1. The van der Waals surface area contributed by atoms with Crippen LogP contribution in [-0.2, 0) is 0 Å². The van der Waals surface area contributed by atoms with Gasteiger partial charge in [-0.2, -0.15) is 14.7 Å². The number of aromatic amines is 1. The van der Waals surface area contributed by atoms with Crippen LogP contribution in [0.5, 0.6) is 0 Å². The minimum Gasteiger partial charge on any atom is -0.275 e. The van der Waals surface area contributed by atoms with E-state index in [1.807, 2.05) is 0 Å². The smallest absolute Gasteiger partial charge is 0.235 e. The highest BCUT2D eigenvalue weighted by molar-refractivity contribution is 7.19. The second-order valence-corrected chi connectivity index (χ2v) is 5.61. The van der Waals surface area contributed by atoms with Gasteiger partial charge in [0.2, 0.25) is 4.96 Å². The van der Waals surface area contributed by atoms with Crippen LogP contribution in [0.1, 0.15) is 0 Å². The summed E-state index contributed by atoms with van der Waals surface area (Å²) >= 11 is 7.10. The summed E-state index contributed by atoms with van der Waals surface area (Å²) < 4.78 is 15.5. The third kappa shape index (κ3) is 1.99. The van der Waals surface area contributed by atoms with Crippen molar-refractivity contribution in [1.29, 1.82) is 0 Å². The lowest BCUT2D eigenvalue weighted by Crippen LogP contribution is -1.93. The maximum Gasteiger partial charge on any atom is 0.235 e. The highest BCUT2D eigenvalue weighted by Gasteiger charge is 2.17. The Balaban J connectivity index is 1.89. The van der Waals surface area contributed by atoms with Gasteiger partial charge >= 0.3 is 0 Å². The van der Waals surface area contributed by atoms with Crippen molar-refractivity contribution >= 4 is 27.9 Å². The molecule has 0 atom stereocenters. The molecular formula is C12H6ClFN6S. The molecule has 6 nitrogen and oxygen atoms in total. The van der Waals surface area contributed by atoms with Crippen LogP contribution < -0.4 is 0 Å². The summed E-state index contributed by atoms with van der Waals surface area (Å²) in [4.78, 5) is 0.573. The number of halogens is 2. The minimum absolute atomic E-state index is 0.299. The molecule has 4 aromatic rings. The summed E-state index contributed by atoms with van der Waals surface area (Å²) in [6.45, 7) is 0. The van der Waals surface area contributed by atoms with Gasteiger partial charge in [0.15, 0.2) is 10.8 Å². The molecule has 0 amide bonds. The van der Waals surface area contributed by atoms with Crippen LogP contribution in [0.25, 0.3) is 27.1 Å². The Labute approximate surface area is 126 Å². The van der Waals surface area contributed by atoms with Gasteiger partial charge in [0.25, 0.3) is 0 Å². The molecule has 0 aliphatic heterocycles. The Morgan fingerprint density at radius 2 is 2.14 bits per heavy atom. The zero-order valence-electron chi connectivity index (χ0n) is 10.3. The Morgan fingerprint density at radius 1 is 1.24 bits per heavy atom. The largest absolute Gasteiger partial charge is 0.275 e. The highest BCUT2D eigenvalue weighted by atomic mass is 35.5. The van der Waals surface area contributed by atoms with E-state index in [9.17, 15) is 4.39 Å². The third-order valence-corrected chi connectivity index (χ3v) is 4.06. The SMILES string of the molecule is Fc1cc(Cl)ccc1-c1nnc2sc(-c3ccn[nH]3)nn12. The van der Waals surface area contributed by atoms with E-state index in [0.29, 0.717) is 26.4 Å². The lowest BCUT2D eigenvalue weighted by atomic mass is 10.2. The van der Waals surface area contributed by atoms with Gasteiger partial charge in [-0.3, -0.25) is 5.10 Å². The van der Waals surface area contributed by atoms with E-state index in [2.05, 4.69) is 25.5 Å². The molecule has 104 valence electrons. The number of nitrogens with one attached hydrogen (secondary N) is 1. The molecule has 0 saturated carbocycles. The maximum atomic E-state index is 14.0. The average molecular weight is 321 g/mol. The highest BCUT2D eigenvalue weighted by Crippen LogP contribution is 2.28. The van der Waals surface area contributed by atoms with Crippen molar-refractivity contribution in [3.05, 3.63) is 41.3 Å². The maximum absolute atomic E-state index is 14.0. The molecule has 0 saturated heterocycles. The van der Waals surface area contributed by atoms with Crippen LogP contribution >= 0.6 is 22.9 Å². The van der Waals surface area contributed by atoms with Crippen LogP contribution in [0.2, 0.25) is 5.02 Å². The first-order valence-corrected chi connectivity index (χ1v) is 7.09. The lowest BCUT2D eigenvalue weighted by molar-refractivity contribution is 0.629. The second kappa shape index (κ2) is 4.61. The van der Waals surface area contributed by atoms with E-state index < -0.39 is 5.82 Å². The molecule has 0 spiro atoms. The number of hydrogen-bond donors (Lipinski definition) is 1. The van der Waals surface area contributed by atoms with E-state index >= 15 is 0 Å². The predicted octanol–water partition coefficient (Wildman–Crippen LogP) is 3.04. The van der Waals surface area contributed by atoms with E-state index in [1.165, 1.54) is 21.9 Å². The number of aromatic nitrogens is 6. The normalized spacial score (nSPS) is 11.3. The van der Waals surface area contributed by atoms with Gasteiger partial charge < -0.3 is 0 Å². The molecule has 0 bridgehead atoms. The lowest BCUT2D eigenvalue weighted by Gasteiger charge is -1.99. The second-order valence-electron chi connectivity index (χ2n) is 4.22. The van der Waals surface area contributed by atoms with Crippen molar-refractivity contribution in [2.45, 2.75) is 0 Å². The van der Waals surface area contributed by atoms with Gasteiger partial charge in [-0.1, -0.05) is 22.9 Å². The summed E-state index contributed by atoms with van der Waals surface area (Å²) in [5.41, 5.74) is 1.07. The molecule has 0 radical (unpaired) electrons. The van der Waals surface area contributed by atoms with Crippen molar-refractivity contribution in [3.63, 3.8) is 0 Å². The Kier molecular flexibility index (Phi) is 2.72. The molecule has 0 unspecified atom stereocenters. The van der Waals surface area contributed by atoms with E-state index in [4.69, 9.17) is 11.6 Å². The van der Waals surface area contributed by atoms with E-state index in [1.54, 1.807) is 24.4 Å². The number of hydrogen-bond acceptors (Lipinski definition) is 5. The number of nitrogens with zero attached hydrogens (tertiary/aromatic N) is 5. The van der Waals surface area contributed by atoms with Crippen LogP contribution in [0.4, 0.5) is 4.39 Å². The zero-order valence-corrected chi connectivity index (χ0v) is 11.9. The molecule has 9 heteroatoms. The number of H-pyrrole nitrogens is 1. The summed E-state index contributed by atoms with van der Waals surface area (Å²) in [7, 11) is 0. The summed E-state index contributed by atoms with van der Waals surface area (Å²) in [6.07, 6.45) is 1.64. The van der Waals surface area contributed by atoms with Crippen molar-refractivity contribution in [1.82, 2.24) is 30.0 Å². The molecule has 0 aliphatic rings. The van der Waals surface area contributed by atoms with Crippen molar-refractivity contribution in [2.75, 3.05) is 0 Å². The minimum atomic E-state index is -0.465. The van der Waals surface area contributed by atoms with Gasteiger partial charge in [-0.05, 0) is 24.3 Å². The molecular weight excluding hydrogens is 315 g/mol. The van der Waals surface area contributed by atoms with Crippen molar-refractivity contribution < 1.29 is 4.39 Å². The van der Waals surface area contributed by atoms with Gasteiger partial charge in [0.1, 0.15) is 5.82 Å². The third-order valence-electron chi connectivity index (χ3n) is 2.89. The van der Waals surface area contributed by atoms with Gasteiger partial charge in [-0.15, -0.1) is 10.2 Å². The first-order chi connectivity index (χ1) is 10.2. The zero-order chi connectivity index (χ0) is 14.4. The van der Waals surface area contributed by atoms with Crippen LogP contribution in [0.3, 0.4) is 0 Å². The molecule has 21 heavy (non-hydrogen) atoms. The number of rotatable bonds is 2. The molecule has 4 rings (SSSR count). The standard InChI is InChI=1S/C12H6ClFN6S/c13-6-1-2-7(8(14)5-6)10-17-18-12-20(10)19-11(21-12)9-3-4-15-16-9/h1-5H,(H,15,16). The van der Waals surface area contributed by atoms with Crippen molar-refractivity contribution in [3.8, 4) is 22.1 Å². The summed E-state index contributed by atoms with van der Waals surface area (Å²) in [6, 6.07) is 6.20. The summed E-state index contributed by atoms with van der Waals surface area (Å²) in [5.74, 6) is -0.130. The quantitative estimate of drug-likeness (QED) is 0.616. The van der Waals surface area contributed by atoms with Crippen LogP contribution in [-0.4, -0.2) is 30.0 Å². The Bertz CT molecular complexity index is 929. The average Bonchev–Trinajstić information content (AvgIpc) is 3.14. The fraction of sp³-hybridized carbons (Fsp3) is 0. The fourth-order valence-electron chi connectivity index (χ4n) is 1.94. The van der Waals surface area contributed by atoms with E-state index in [-0.39, 0.29) is 0 Å². The first-order valence-electron chi connectivity index (χ1n) is 5.90. The predicted molar refractivity (Wildman–Crippen MR) is 76.6 cm³/mol. The van der Waals surface area contributed by atoms with Gasteiger partial charge in [-0.25, -0.2) is 4.39 Å². The Morgan fingerprint density at radius 3 is 2.90 bits per heavy atom. The topological polar surface area (TPSA) is 71.8 Å². The molecule has 3 aromatic heterocycles. The van der Waals surface area contributed by atoms with Crippen LogP contribution in [0, 0.1) is 5.82 Å². The van der Waals surface area contributed by atoms with Gasteiger partial charge in [0.05, 0.1) is 11.3 Å². The Hall–Kier alpha value is -2.32. The first kappa shape index (κ1) is 12.4. The fourth-order valence-corrected chi connectivity index (χ4v) is 2.91. The molecule has 0 fully saturated rings. The molecule has 1 aromatic carbocycles. The van der Waals surface area contributed by atoms with Gasteiger partial charge in [0, 0.05) is 11.2 Å². The van der Waals surface area contributed by atoms with E-state index in [0.717, 1.165) is 5.69 Å². The molecule has 0 aliphatic carbocycles. The number of fused-ring (bicyclic) bond motifs is 1. The monoisotopic (exact) mass is 320 g/mol. The molecule has 3 heterocycles. The molecule has 1 N–H and O–H groups in total.